The Labute approximate surface area is 169 Å². The number of hydrogen-bond acceptors (Lipinski definition) is 3. The van der Waals surface area contributed by atoms with Crippen molar-refractivity contribution in [2.45, 2.75) is 108 Å². The predicted molar refractivity (Wildman–Crippen MR) is 108 cm³/mol. The standard InChI is InChI=1S/C22H38F2O3S/c1-3-5-12-22(4-2)14-28(26,27)19-11-10-17(24)13-18(19)20(21(22)25)15-6-8-16(23)9-7-15/h15-21,25H,3-14H2,1-2H3/t15?,16?,17?,18?,19?,20-,21?,22+/m0/s1. The molecule has 0 aromatic carbocycles. The maximum Gasteiger partial charge on any atom is 0.154 e. The van der Waals surface area contributed by atoms with E-state index in [2.05, 4.69) is 6.92 Å². The summed E-state index contributed by atoms with van der Waals surface area (Å²) in [7, 11) is -3.41. The quantitative estimate of drug-likeness (QED) is 0.680. The molecular formula is C22H38F2O3S. The van der Waals surface area contributed by atoms with Gasteiger partial charge in [-0.25, -0.2) is 17.2 Å². The highest BCUT2D eigenvalue weighted by atomic mass is 32.2. The van der Waals surface area contributed by atoms with Crippen molar-refractivity contribution in [1.29, 1.82) is 0 Å². The normalized spacial score (nSPS) is 46.5. The van der Waals surface area contributed by atoms with Gasteiger partial charge in [-0.05, 0) is 75.5 Å². The van der Waals surface area contributed by atoms with Crippen molar-refractivity contribution in [2.75, 3.05) is 5.75 Å². The first kappa shape index (κ1) is 22.5. The molecule has 4 unspecified atom stereocenters. The van der Waals surface area contributed by atoms with Gasteiger partial charge >= 0.3 is 0 Å². The number of aliphatic hydroxyl groups is 1. The van der Waals surface area contributed by atoms with Crippen LogP contribution < -0.4 is 0 Å². The summed E-state index contributed by atoms with van der Waals surface area (Å²) in [6.07, 6.45) is 3.80. The summed E-state index contributed by atoms with van der Waals surface area (Å²) >= 11 is 0. The van der Waals surface area contributed by atoms with Crippen LogP contribution in [0.5, 0.6) is 0 Å². The van der Waals surface area contributed by atoms with Crippen LogP contribution >= 0.6 is 0 Å². The van der Waals surface area contributed by atoms with Crippen LogP contribution in [0.4, 0.5) is 8.78 Å². The molecule has 3 aliphatic rings. The summed E-state index contributed by atoms with van der Waals surface area (Å²) in [6, 6.07) is 0. The van der Waals surface area contributed by atoms with E-state index in [-0.39, 0.29) is 29.9 Å². The molecule has 0 spiro atoms. The number of fused-ring (bicyclic) bond motifs is 1. The largest absolute Gasteiger partial charge is 0.392 e. The Hall–Kier alpha value is -0.230. The Morgan fingerprint density at radius 1 is 1.00 bits per heavy atom. The maximum atomic E-state index is 14.4. The second kappa shape index (κ2) is 8.87. The van der Waals surface area contributed by atoms with Gasteiger partial charge < -0.3 is 5.11 Å². The predicted octanol–water partition coefficient (Wildman–Crippen LogP) is 5.01. The zero-order valence-electron chi connectivity index (χ0n) is 17.5. The van der Waals surface area contributed by atoms with Crippen molar-refractivity contribution >= 4 is 9.84 Å². The summed E-state index contributed by atoms with van der Waals surface area (Å²) in [5, 5.41) is 11.1. The van der Waals surface area contributed by atoms with Crippen molar-refractivity contribution in [3.05, 3.63) is 0 Å². The second-order valence-electron chi connectivity index (χ2n) is 9.77. The molecule has 164 valence electrons. The van der Waals surface area contributed by atoms with Gasteiger partial charge in [-0.15, -0.1) is 0 Å². The lowest BCUT2D eigenvalue weighted by molar-refractivity contribution is -0.0708. The van der Waals surface area contributed by atoms with E-state index in [1.54, 1.807) is 0 Å². The molecule has 6 atom stereocenters. The lowest BCUT2D eigenvalue weighted by Gasteiger charge is -2.46. The van der Waals surface area contributed by atoms with Crippen molar-refractivity contribution in [3.63, 3.8) is 0 Å². The molecule has 2 aliphatic carbocycles. The smallest absolute Gasteiger partial charge is 0.154 e. The summed E-state index contributed by atoms with van der Waals surface area (Å²) in [5.41, 5.74) is -0.658. The molecular weight excluding hydrogens is 382 g/mol. The number of sulfone groups is 1. The summed E-state index contributed by atoms with van der Waals surface area (Å²) in [5.74, 6) is -0.448. The first-order valence-electron chi connectivity index (χ1n) is 11.4. The van der Waals surface area contributed by atoms with E-state index >= 15 is 0 Å². The monoisotopic (exact) mass is 420 g/mol. The number of alkyl halides is 2. The van der Waals surface area contributed by atoms with Crippen LogP contribution in [0.3, 0.4) is 0 Å². The van der Waals surface area contributed by atoms with Gasteiger partial charge in [-0.3, -0.25) is 0 Å². The van der Waals surface area contributed by atoms with Crippen molar-refractivity contribution in [2.24, 2.45) is 23.2 Å². The molecule has 28 heavy (non-hydrogen) atoms. The minimum Gasteiger partial charge on any atom is -0.392 e. The zero-order chi connectivity index (χ0) is 20.5. The first-order valence-corrected chi connectivity index (χ1v) is 13.1. The molecule has 0 radical (unpaired) electrons. The minimum absolute atomic E-state index is 0.0186. The Kier molecular flexibility index (Phi) is 7.11. The van der Waals surface area contributed by atoms with Gasteiger partial charge in [-0.2, -0.15) is 0 Å². The Balaban J connectivity index is 2.03. The van der Waals surface area contributed by atoms with Crippen molar-refractivity contribution in [1.82, 2.24) is 0 Å². The fourth-order valence-electron chi connectivity index (χ4n) is 6.52. The molecule has 2 saturated carbocycles. The van der Waals surface area contributed by atoms with Gasteiger partial charge in [-0.1, -0.05) is 26.7 Å². The number of hydrogen-bond donors (Lipinski definition) is 1. The van der Waals surface area contributed by atoms with Crippen LogP contribution in [0.25, 0.3) is 0 Å². The third-order valence-corrected chi connectivity index (χ3v) is 10.7. The second-order valence-corrected chi connectivity index (χ2v) is 12.0. The van der Waals surface area contributed by atoms with Crippen LogP contribution in [0.1, 0.15) is 84.5 Å². The third-order valence-electron chi connectivity index (χ3n) is 8.18. The minimum atomic E-state index is -3.41. The molecule has 0 amide bonds. The maximum absolute atomic E-state index is 14.4. The average molecular weight is 421 g/mol. The first-order chi connectivity index (χ1) is 13.2. The molecule has 1 heterocycles. The molecule has 3 nitrogen and oxygen atoms in total. The SMILES string of the molecule is CCCC[C@]1(CC)CS(=O)(=O)C2CCC(F)CC2[C@H](C2CCC(F)CC2)C1O. The molecule has 1 saturated heterocycles. The Morgan fingerprint density at radius 3 is 2.25 bits per heavy atom. The van der Waals surface area contributed by atoms with Crippen molar-refractivity contribution < 1.29 is 22.3 Å². The van der Waals surface area contributed by atoms with Gasteiger partial charge in [0.1, 0.15) is 12.3 Å². The van der Waals surface area contributed by atoms with Crippen LogP contribution in [-0.4, -0.2) is 43.0 Å². The highest BCUT2D eigenvalue weighted by Crippen LogP contribution is 2.53. The molecule has 0 aromatic heterocycles. The van der Waals surface area contributed by atoms with Gasteiger partial charge in [0.15, 0.2) is 9.84 Å². The van der Waals surface area contributed by atoms with Gasteiger partial charge in [0, 0.05) is 5.41 Å². The Morgan fingerprint density at radius 2 is 1.64 bits per heavy atom. The zero-order valence-corrected chi connectivity index (χ0v) is 18.3. The molecule has 0 aromatic rings. The van der Waals surface area contributed by atoms with E-state index in [9.17, 15) is 22.3 Å². The lowest BCUT2D eigenvalue weighted by atomic mass is 9.61. The van der Waals surface area contributed by atoms with Crippen molar-refractivity contribution in [3.8, 4) is 0 Å². The van der Waals surface area contributed by atoms with E-state index < -0.39 is 38.9 Å². The highest BCUT2D eigenvalue weighted by Gasteiger charge is 2.56. The molecule has 3 rings (SSSR count). The van der Waals surface area contributed by atoms with Gasteiger partial charge in [0.05, 0.1) is 17.1 Å². The van der Waals surface area contributed by atoms with E-state index in [4.69, 9.17) is 0 Å². The molecule has 6 heteroatoms. The van der Waals surface area contributed by atoms with Crippen LogP contribution in [0, 0.1) is 23.2 Å². The number of halogens is 2. The molecule has 3 fully saturated rings. The number of aliphatic hydroxyl groups excluding tert-OH is 1. The van der Waals surface area contributed by atoms with Gasteiger partial charge in [0.25, 0.3) is 0 Å². The summed E-state index contributed by atoms with van der Waals surface area (Å²) in [6.45, 7) is 4.06. The molecule has 1 N–H and O–H groups in total. The summed E-state index contributed by atoms with van der Waals surface area (Å²) in [4.78, 5) is 0. The number of unbranched alkanes of at least 4 members (excludes halogenated alkanes) is 1. The fourth-order valence-corrected chi connectivity index (χ4v) is 9.37. The van der Waals surface area contributed by atoms with E-state index in [0.717, 1.165) is 12.8 Å². The summed E-state index contributed by atoms with van der Waals surface area (Å²) < 4.78 is 55.0. The van der Waals surface area contributed by atoms with Crippen LogP contribution in [0.2, 0.25) is 0 Å². The fraction of sp³-hybridized carbons (Fsp3) is 1.00. The van der Waals surface area contributed by atoms with Gasteiger partial charge in [0.2, 0.25) is 0 Å². The van der Waals surface area contributed by atoms with E-state index in [1.807, 2.05) is 6.92 Å². The Bertz CT molecular complexity index is 617. The van der Waals surface area contributed by atoms with E-state index in [0.29, 0.717) is 51.4 Å². The van der Waals surface area contributed by atoms with Crippen LogP contribution in [0.15, 0.2) is 0 Å². The third kappa shape index (κ3) is 4.28. The van der Waals surface area contributed by atoms with Crippen LogP contribution in [-0.2, 0) is 9.84 Å². The topological polar surface area (TPSA) is 54.4 Å². The highest BCUT2D eigenvalue weighted by molar-refractivity contribution is 7.92. The average Bonchev–Trinajstić information content (AvgIpc) is 2.72. The molecule has 0 bridgehead atoms. The molecule has 1 aliphatic heterocycles. The lowest BCUT2D eigenvalue weighted by Crippen LogP contribution is -2.48. The van der Waals surface area contributed by atoms with E-state index in [1.165, 1.54) is 0 Å². The number of rotatable bonds is 5.